The van der Waals surface area contributed by atoms with Crippen LogP contribution in [-0.4, -0.2) is 13.0 Å². The van der Waals surface area contributed by atoms with Crippen molar-refractivity contribution < 1.29 is 9.13 Å². The van der Waals surface area contributed by atoms with E-state index in [1.807, 2.05) is 12.1 Å². The van der Waals surface area contributed by atoms with Gasteiger partial charge in [-0.25, -0.2) is 4.39 Å². The largest absolute Gasteiger partial charge is 0.494 e. The highest BCUT2D eigenvalue weighted by Crippen LogP contribution is 2.21. The van der Waals surface area contributed by atoms with Crippen molar-refractivity contribution in [2.75, 3.05) is 18.3 Å². The van der Waals surface area contributed by atoms with E-state index in [9.17, 15) is 4.39 Å². The molecule has 0 saturated carbocycles. The van der Waals surface area contributed by atoms with Gasteiger partial charge >= 0.3 is 0 Å². The Kier molecular flexibility index (Phi) is 5.88. The monoisotopic (exact) mass is 307 g/mol. The SMILES string of the molecule is COc1cccc(CNc2cccc(CCCCl)c2)c1F. The number of alkyl halides is 1. The molecule has 2 nitrogen and oxygen atoms in total. The Morgan fingerprint density at radius 1 is 1.19 bits per heavy atom. The fourth-order valence-corrected chi connectivity index (χ4v) is 2.29. The smallest absolute Gasteiger partial charge is 0.170 e. The van der Waals surface area contributed by atoms with Crippen LogP contribution in [0.15, 0.2) is 42.5 Å². The number of hydrogen-bond donors (Lipinski definition) is 1. The third-order valence-corrected chi connectivity index (χ3v) is 3.54. The average Bonchev–Trinajstić information content (AvgIpc) is 2.52. The second kappa shape index (κ2) is 7.89. The number of rotatable bonds is 7. The molecular weight excluding hydrogens is 289 g/mol. The number of ether oxygens (including phenoxy) is 1. The van der Waals surface area contributed by atoms with E-state index in [4.69, 9.17) is 16.3 Å². The van der Waals surface area contributed by atoms with Crippen LogP contribution in [0.3, 0.4) is 0 Å². The lowest BCUT2D eigenvalue weighted by molar-refractivity contribution is 0.384. The molecule has 0 atom stereocenters. The summed E-state index contributed by atoms with van der Waals surface area (Å²) in [6.45, 7) is 0.419. The van der Waals surface area contributed by atoms with E-state index in [0.29, 0.717) is 18.0 Å². The van der Waals surface area contributed by atoms with E-state index in [2.05, 4.69) is 17.4 Å². The van der Waals surface area contributed by atoms with Crippen LogP contribution in [0.5, 0.6) is 5.75 Å². The molecule has 4 heteroatoms. The highest BCUT2D eigenvalue weighted by molar-refractivity contribution is 6.17. The molecule has 0 aromatic heterocycles. The summed E-state index contributed by atoms with van der Waals surface area (Å²) >= 11 is 5.71. The number of benzene rings is 2. The molecule has 0 spiro atoms. The van der Waals surface area contributed by atoms with Gasteiger partial charge in [0.2, 0.25) is 0 Å². The van der Waals surface area contributed by atoms with Crippen molar-refractivity contribution in [3.63, 3.8) is 0 Å². The minimum absolute atomic E-state index is 0.269. The van der Waals surface area contributed by atoms with Crippen LogP contribution in [-0.2, 0) is 13.0 Å². The number of hydrogen-bond acceptors (Lipinski definition) is 2. The number of halogens is 2. The Morgan fingerprint density at radius 2 is 2.00 bits per heavy atom. The molecule has 0 bridgehead atoms. The second-order valence-corrected chi connectivity index (χ2v) is 5.16. The normalized spacial score (nSPS) is 10.4. The molecule has 21 heavy (non-hydrogen) atoms. The van der Waals surface area contributed by atoms with Crippen molar-refractivity contribution in [3.05, 3.63) is 59.4 Å². The molecule has 0 unspecified atom stereocenters. The van der Waals surface area contributed by atoms with Gasteiger partial charge in [0, 0.05) is 23.7 Å². The van der Waals surface area contributed by atoms with Crippen LogP contribution in [0.1, 0.15) is 17.5 Å². The lowest BCUT2D eigenvalue weighted by Crippen LogP contribution is -2.03. The Morgan fingerprint density at radius 3 is 2.76 bits per heavy atom. The van der Waals surface area contributed by atoms with E-state index >= 15 is 0 Å². The molecule has 2 aromatic carbocycles. The van der Waals surface area contributed by atoms with Gasteiger partial charge < -0.3 is 10.1 Å². The van der Waals surface area contributed by atoms with Gasteiger partial charge in [-0.3, -0.25) is 0 Å². The average molecular weight is 308 g/mol. The Hall–Kier alpha value is -1.74. The third kappa shape index (κ3) is 4.36. The number of aryl methyl sites for hydroxylation is 1. The standard InChI is InChI=1S/C17H19ClFNO/c1-21-16-9-3-7-14(17(16)19)12-20-15-8-2-5-13(11-15)6-4-10-18/h2-3,5,7-9,11,20H,4,6,10,12H2,1H3. The number of methoxy groups -OCH3 is 1. The lowest BCUT2D eigenvalue weighted by atomic mass is 10.1. The van der Waals surface area contributed by atoms with Gasteiger partial charge in [0.15, 0.2) is 11.6 Å². The molecule has 0 saturated heterocycles. The summed E-state index contributed by atoms with van der Waals surface area (Å²) in [7, 11) is 1.47. The number of anilines is 1. The van der Waals surface area contributed by atoms with Gasteiger partial charge in [-0.05, 0) is 36.6 Å². The molecule has 0 fully saturated rings. The predicted molar refractivity (Wildman–Crippen MR) is 85.8 cm³/mol. The fraction of sp³-hybridized carbons (Fsp3) is 0.294. The summed E-state index contributed by atoms with van der Waals surface area (Å²) < 4.78 is 19.0. The molecule has 0 heterocycles. The van der Waals surface area contributed by atoms with Gasteiger partial charge in [0.05, 0.1) is 7.11 Å². The maximum atomic E-state index is 14.0. The zero-order chi connectivity index (χ0) is 15.1. The quantitative estimate of drug-likeness (QED) is 0.754. The Bertz CT molecular complexity index is 589. The van der Waals surface area contributed by atoms with Crippen molar-refractivity contribution in [1.29, 1.82) is 0 Å². The first kappa shape index (κ1) is 15.6. The highest BCUT2D eigenvalue weighted by atomic mass is 35.5. The first-order chi connectivity index (χ1) is 10.2. The first-order valence-corrected chi connectivity index (χ1v) is 7.48. The molecule has 0 aliphatic heterocycles. The van der Waals surface area contributed by atoms with Gasteiger partial charge in [-0.1, -0.05) is 24.3 Å². The molecule has 1 N–H and O–H groups in total. The summed E-state index contributed by atoms with van der Waals surface area (Å²) in [5.41, 5.74) is 2.79. The lowest BCUT2D eigenvalue weighted by Gasteiger charge is -2.10. The van der Waals surface area contributed by atoms with Gasteiger partial charge in [0.25, 0.3) is 0 Å². The Balaban J connectivity index is 2.03. The summed E-state index contributed by atoms with van der Waals surface area (Å²) in [5.74, 6) is 0.614. The van der Waals surface area contributed by atoms with Crippen molar-refractivity contribution in [3.8, 4) is 5.75 Å². The van der Waals surface area contributed by atoms with Crippen LogP contribution in [0.4, 0.5) is 10.1 Å². The van der Waals surface area contributed by atoms with E-state index in [-0.39, 0.29) is 11.6 Å². The van der Waals surface area contributed by atoms with E-state index in [0.717, 1.165) is 18.5 Å². The van der Waals surface area contributed by atoms with Crippen LogP contribution < -0.4 is 10.1 Å². The summed E-state index contributed by atoms with van der Waals surface area (Å²) in [4.78, 5) is 0. The molecule has 2 aromatic rings. The van der Waals surface area contributed by atoms with Crippen molar-refractivity contribution in [2.24, 2.45) is 0 Å². The van der Waals surface area contributed by atoms with E-state index < -0.39 is 0 Å². The number of nitrogens with one attached hydrogen (secondary N) is 1. The minimum atomic E-state index is -0.314. The maximum Gasteiger partial charge on any atom is 0.170 e. The highest BCUT2D eigenvalue weighted by Gasteiger charge is 2.07. The van der Waals surface area contributed by atoms with Gasteiger partial charge in [-0.2, -0.15) is 0 Å². The van der Waals surface area contributed by atoms with E-state index in [1.165, 1.54) is 12.7 Å². The van der Waals surface area contributed by atoms with E-state index in [1.54, 1.807) is 18.2 Å². The van der Waals surface area contributed by atoms with Crippen LogP contribution in [0, 0.1) is 5.82 Å². The minimum Gasteiger partial charge on any atom is -0.494 e. The second-order valence-electron chi connectivity index (χ2n) is 4.78. The molecule has 0 radical (unpaired) electrons. The summed E-state index contributed by atoms with van der Waals surface area (Å²) in [5, 5.41) is 3.24. The third-order valence-electron chi connectivity index (χ3n) is 3.27. The van der Waals surface area contributed by atoms with Crippen molar-refractivity contribution in [1.82, 2.24) is 0 Å². The molecule has 112 valence electrons. The maximum absolute atomic E-state index is 14.0. The van der Waals surface area contributed by atoms with Crippen LogP contribution >= 0.6 is 11.6 Å². The Labute approximate surface area is 129 Å². The van der Waals surface area contributed by atoms with Crippen LogP contribution in [0.2, 0.25) is 0 Å². The van der Waals surface area contributed by atoms with Gasteiger partial charge in [-0.15, -0.1) is 11.6 Å². The van der Waals surface area contributed by atoms with Gasteiger partial charge in [0.1, 0.15) is 0 Å². The van der Waals surface area contributed by atoms with Crippen LogP contribution in [0.25, 0.3) is 0 Å². The van der Waals surface area contributed by atoms with Crippen molar-refractivity contribution >= 4 is 17.3 Å². The zero-order valence-electron chi connectivity index (χ0n) is 12.0. The molecule has 0 aliphatic carbocycles. The topological polar surface area (TPSA) is 21.3 Å². The molecule has 2 rings (SSSR count). The molecular formula is C17H19ClFNO. The first-order valence-electron chi connectivity index (χ1n) is 6.94. The fourth-order valence-electron chi connectivity index (χ4n) is 2.16. The molecule has 0 amide bonds. The summed E-state index contributed by atoms with van der Waals surface area (Å²) in [6.07, 6.45) is 1.90. The summed E-state index contributed by atoms with van der Waals surface area (Å²) in [6, 6.07) is 13.3. The zero-order valence-corrected chi connectivity index (χ0v) is 12.8. The molecule has 0 aliphatic rings. The predicted octanol–water partition coefficient (Wildman–Crippen LogP) is 4.62. The van der Waals surface area contributed by atoms with Crippen molar-refractivity contribution in [2.45, 2.75) is 19.4 Å².